The molecule has 3 nitrogen and oxygen atoms in total. The van der Waals surface area contributed by atoms with E-state index in [1.54, 1.807) is 0 Å². The van der Waals surface area contributed by atoms with E-state index >= 15 is 0 Å². The van der Waals surface area contributed by atoms with E-state index in [0.717, 1.165) is 6.07 Å². The topological polar surface area (TPSA) is 45.8 Å². The van der Waals surface area contributed by atoms with Crippen molar-refractivity contribution in [3.05, 3.63) is 63.3 Å². The van der Waals surface area contributed by atoms with Crippen LogP contribution in [0.4, 0.5) is 8.78 Å². The molecule has 0 fully saturated rings. The molecule has 0 aliphatic heterocycles. The van der Waals surface area contributed by atoms with E-state index < -0.39 is 11.6 Å². The highest BCUT2D eigenvalue weighted by Gasteiger charge is 2.09. The van der Waals surface area contributed by atoms with E-state index in [4.69, 9.17) is 0 Å². The SMILES string of the molecule is CC(C)c1cc(=O)[nH]c(Cc2ccc(F)cc2F)n1. The zero-order valence-electron chi connectivity index (χ0n) is 10.7. The van der Waals surface area contributed by atoms with Gasteiger partial charge in [-0.15, -0.1) is 0 Å². The maximum Gasteiger partial charge on any atom is 0.251 e. The fourth-order valence-electron chi connectivity index (χ4n) is 1.75. The van der Waals surface area contributed by atoms with Gasteiger partial charge in [-0.05, 0) is 17.5 Å². The number of aromatic amines is 1. The molecule has 0 unspecified atom stereocenters. The summed E-state index contributed by atoms with van der Waals surface area (Å²) in [4.78, 5) is 18.3. The Morgan fingerprint density at radius 1 is 1.26 bits per heavy atom. The van der Waals surface area contributed by atoms with Gasteiger partial charge in [-0.1, -0.05) is 19.9 Å². The van der Waals surface area contributed by atoms with Gasteiger partial charge in [-0.3, -0.25) is 4.79 Å². The average Bonchev–Trinajstić information content (AvgIpc) is 2.32. The normalized spacial score (nSPS) is 11.0. The molecule has 0 amide bonds. The Balaban J connectivity index is 2.35. The van der Waals surface area contributed by atoms with E-state index in [9.17, 15) is 13.6 Å². The molecule has 0 bridgehead atoms. The van der Waals surface area contributed by atoms with Gasteiger partial charge in [0.05, 0.1) is 5.69 Å². The van der Waals surface area contributed by atoms with Crippen molar-refractivity contribution in [2.24, 2.45) is 0 Å². The molecule has 2 aromatic rings. The third kappa shape index (κ3) is 3.24. The van der Waals surface area contributed by atoms with Crippen molar-refractivity contribution in [3.63, 3.8) is 0 Å². The number of hydrogen-bond acceptors (Lipinski definition) is 2. The van der Waals surface area contributed by atoms with E-state index in [1.807, 2.05) is 13.8 Å². The lowest BCUT2D eigenvalue weighted by atomic mass is 10.1. The third-order valence-corrected chi connectivity index (χ3v) is 2.78. The van der Waals surface area contributed by atoms with E-state index in [-0.39, 0.29) is 17.9 Å². The molecule has 0 radical (unpaired) electrons. The Kier molecular flexibility index (Phi) is 3.74. The average molecular weight is 264 g/mol. The van der Waals surface area contributed by atoms with Gasteiger partial charge in [-0.25, -0.2) is 13.8 Å². The second-order valence-corrected chi connectivity index (χ2v) is 4.68. The van der Waals surface area contributed by atoms with Gasteiger partial charge >= 0.3 is 0 Å². The summed E-state index contributed by atoms with van der Waals surface area (Å²) in [5.74, 6) is -0.781. The molecule has 1 aromatic carbocycles. The highest BCUT2D eigenvalue weighted by atomic mass is 19.1. The third-order valence-electron chi connectivity index (χ3n) is 2.78. The van der Waals surface area contributed by atoms with Crippen LogP contribution in [-0.4, -0.2) is 9.97 Å². The zero-order valence-corrected chi connectivity index (χ0v) is 10.7. The Morgan fingerprint density at radius 3 is 2.63 bits per heavy atom. The Labute approximate surface area is 109 Å². The maximum atomic E-state index is 13.5. The Hall–Kier alpha value is -2.04. The summed E-state index contributed by atoms with van der Waals surface area (Å²) >= 11 is 0. The van der Waals surface area contributed by atoms with Crippen LogP contribution in [-0.2, 0) is 6.42 Å². The van der Waals surface area contributed by atoms with Crippen LogP contribution in [0.3, 0.4) is 0 Å². The summed E-state index contributed by atoms with van der Waals surface area (Å²) in [6.45, 7) is 3.84. The van der Waals surface area contributed by atoms with Crippen molar-refractivity contribution < 1.29 is 8.78 Å². The van der Waals surface area contributed by atoms with Gasteiger partial charge in [0.15, 0.2) is 0 Å². The molecule has 1 heterocycles. The van der Waals surface area contributed by atoms with Crippen LogP contribution in [0.2, 0.25) is 0 Å². The van der Waals surface area contributed by atoms with Gasteiger partial charge in [-0.2, -0.15) is 0 Å². The molecule has 19 heavy (non-hydrogen) atoms. The number of nitrogens with zero attached hydrogens (tertiary/aromatic N) is 1. The summed E-state index contributed by atoms with van der Waals surface area (Å²) in [6, 6.07) is 4.78. The molecule has 2 rings (SSSR count). The van der Waals surface area contributed by atoms with Crippen molar-refractivity contribution >= 4 is 0 Å². The monoisotopic (exact) mass is 264 g/mol. The second-order valence-electron chi connectivity index (χ2n) is 4.68. The first-order chi connectivity index (χ1) is 8.95. The molecule has 100 valence electrons. The predicted octanol–water partition coefficient (Wildman–Crippen LogP) is 2.76. The number of benzene rings is 1. The molecule has 0 spiro atoms. The molecular weight excluding hydrogens is 250 g/mol. The summed E-state index contributed by atoms with van der Waals surface area (Å²) in [5.41, 5.74) is 0.683. The van der Waals surface area contributed by atoms with Gasteiger partial charge in [0.2, 0.25) is 0 Å². The van der Waals surface area contributed by atoms with Crippen LogP contribution < -0.4 is 5.56 Å². The van der Waals surface area contributed by atoms with Gasteiger partial charge in [0.25, 0.3) is 5.56 Å². The van der Waals surface area contributed by atoms with Crippen molar-refractivity contribution in [1.29, 1.82) is 0 Å². The smallest absolute Gasteiger partial charge is 0.251 e. The minimum absolute atomic E-state index is 0.110. The highest BCUT2D eigenvalue weighted by Crippen LogP contribution is 2.14. The molecule has 0 atom stereocenters. The van der Waals surface area contributed by atoms with Crippen LogP contribution in [0.5, 0.6) is 0 Å². The number of H-pyrrole nitrogens is 1. The molecule has 0 aliphatic rings. The molecule has 0 aliphatic carbocycles. The lowest BCUT2D eigenvalue weighted by Crippen LogP contribution is -2.14. The predicted molar refractivity (Wildman–Crippen MR) is 68.1 cm³/mol. The minimum Gasteiger partial charge on any atom is -0.310 e. The first-order valence-corrected chi connectivity index (χ1v) is 6.00. The lowest BCUT2D eigenvalue weighted by Gasteiger charge is -2.07. The number of aromatic nitrogens is 2. The van der Waals surface area contributed by atoms with Crippen LogP contribution in [0.25, 0.3) is 0 Å². The first kappa shape index (κ1) is 13.4. The van der Waals surface area contributed by atoms with E-state index in [1.165, 1.54) is 18.2 Å². The van der Waals surface area contributed by atoms with Crippen LogP contribution in [0, 0.1) is 11.6 Å². The number of nitrogens with one attached hydrogen (secondary N) is 1. The van der Waals surface area contributed by atoms with Crippen LogP contribution in [0.1, 0.15) is 36.8 Å². The van der Waals surface area contributed by atoms with E-state index in [0.29, 0.717) is 17.1 Å². The van der Waals surface area contributed by atoms with Gasteiger partial charge < -0.3 is 4.98 Å². The first-order valence-electron chi connectivity index (χ1n) is 6.00. The van der Waals surface area contributed by atoms with Crippen LogP contribution >= 0.6 is 0 Å². The molecule has 1 N–H and O–H groups in total. The molecule has 0 saturated heterocycles. The largest absolute Gasteiger partial charge is 0.310 e. The van der Waals surface area contributed by atoms with Gasteiger partial charge in [0.1, 0.15) is 17.5 Å². The second kappa shape index (κ2) is 5.30. The fourth-order valence-corrected chi connectivity index (χ4v) is 1.75. The van der Waals surface area contributed by atoms with Crippen molar-refractivity contribution in [1.82, 2.24) is 9.97 Å². The minimum atomic E-state index is -0.641. The molecule has 1 aromatic heterocycles. The van der Waals surface area contributed by atoms with Crippen LogP contribution in [0.15, 0.2) is 29.1 Å². The zero-order chi connectivity index (χ0) is 14.0. The number of halogens is 2. The summed E-state index contributed by atoms with van der Waals surface area (Å²) in [7, 11) is 0. The molecule has 5 heteroatoms. The summed E-state index contributed by atoms with van der Waals surface area (Å²) in [6.07, 6.45) is 0.127. The Bertz CT molecular complexity index is 650. The summed E-state index contributed by atoms with van der Waals surface area (Å²) < 4.78 is 26.3. The van der Waals surface area contributed by atoms with Crippen molar-refractivity contribution in [2.75, 3.05) is 0 Å². The maximum absolute atomic E-state index is 13.5. The fraction of sp³-hybridized carbons (Fsp3) is 0.286. The summed E-state index contributed by atoms with van der Waals surface area (Å²) in [5, 5.41) is 0. The molecular formula is C14H14F2N2O. The quantitative estimate of drug-likeness (QED) is 0.926. The van der Waals surface area contributed by atoms with E-state index in [2.05, 4.69) is 9.97 Å². The number of rotatable bonds is 3. The van der Waals surface area contributed by atoms with Crippen molar-refractivity contribution in [3.8, 4) is 0 Å². The Morgan fingerprint density at radius 2 is 2.00 bits per heavy atom. The molecule has 0 saturated carbocycles. The van der Waals surface area contributed by atoms with Crippen molar-refractivity contribution in [2.45, 2.75) is 26.2 Å². The standard InChI is InChI=1S/C14H14F2N2O/c1-8(2)12-7-14(19)18-13(17-12)5-9-3-4-10(15)6-11(9)16/h3-4,6-8H,5H2,1-2H3,(H,17,18,19). The lowest BCUT2D eigenvalue weighted by molar-refractivity contribution is 0.573. The number of hydrogen-bond donors (Lipinski definition) is 1. The van der Waals surface area contributed by atoms with Gasteiger partial charge in [0, 0.05) is 18.6 Å². The highest BCUT2D eigenvalue weighted by molar-refractivity contribution is 5.22.